The van der Waals surface area contributed by atoms with Crippen LogP contribution in [0.3, 0.4) is 0 Å². The van der Waals surface area contributed by atoms with Crippen molar-refractivity contribution in [1.29, 1.82) is 0 Å². The summed E-state index contributed by atoms with van der Waals surface area (Å²) in [5.74, 6) is 0. The number of hydrogen-bond acceptors (Lipinski definition) is 2. The molecule has 0 aromatic rings. The third-order valence-corrected chi connectivity index (χ3v) is 2.85. The average Bonchev–Trinajstić information content (AvgIpc) is 1.58. The molecular weight excluding hydrogens is 182 g/mol. The van der Waals surface area contributed by atoms with E-state index < -0.39 is 0 Å². The van der Waals surface area contributed by atoms with Crippen molar-refractivity contribution in [2.24, 2.45) is 5.41 Å². The summed E-state index contributed by atoms with van der Waals surface area (Å²) in [5.41, 5.74) is 0.517. The second-order valence-electron chi connectivity index (χ2n) is 3.34. The van der Waals surface area contributed by atoms with Gasteiger partial charge in [0.2, 0.25) is 0 Å². The van der Waals surface area contributed by atoms with Crippen molar-refractivity contribution >= 4 is 16.1 Å². The number of rotatable bonds is 0. The Balaban J connectivity index is 1.87. The fraction of sp³-hybridized carbons (Fsp3) is 1.00. The number of nitrogens with zero attached hydrogens (tertiary/aromatic N) is 1. The van der Waals surface area contributed by atoms with Crippen molar-refractivity contribution < 1.29 is 5.11 Å². The molecule has 2 fully saturated rings. The highest BCUT2D eigenvalue weighted by atomic mass is 79.9. The molecule has 0 amide bonds. The smallest absolute Gasteiger partial charge is 0.0552 e. The predicted octanol–water partition coefficient (Wildman–Crippen LogP) is 0.753. The molecule has 1 saturated heterocycles. The molecule has 1 heterocycles. The van der Waals surface area contributed by atoms with E-state index in [0.29, 0.717) is 5.41 Å². The summed E-state index contributed by atoms with van der Waals surface area (Å²) in [6.45, 7) is 2.26. The molecular formula is C6H10BrNO. The molecule has 52 valence electrons. The van der Waals surface area contributed by atoms with Gasteiger partial charge in [0.1, 0.15) is 0 Å². The molecule has 1 spiro atoms. The van der Waals surface area contributed by atoms with Crippen molar-refractivity contribution in [1.82, 2.24) is 3.93 Å². The van der Waals surface area contributed by atoms with Crippen molar-refractivity contribution in [2.75, 3.05) is 13.1 Å². The van der Waals surface area contributed by atoms with Gasteiger partial charge in [-0.3, -0.25) is 0 Å². The van der Waals surface area contributed by atoms with Gasteiger partial charge in [-0.1, -0.05) is 0 Å². The van der Waals surface area contributed by atoms with Gasteiger partial charge in [0.15, 0.2) is 0 Å². The lowest BCUT2D eigenvalue weighted by atomic mass is 9.63. The quantitative estimate of drug-likeness (QED) is 0.572. The van der Waals surface area contributed by atoms with Gasteiger partial charge in [0.05, 0.1) is 6.10 Å². The molecule has 1 aliphatic heterocycles. The Kier molecular flexibility index (Phi) is 1.17. The minimum Gasteiger partial charge on any atom is -0.393 e. The van der Waals surface area contributed by atoms with Crippen LogP contribution in [0.2, 0.25) is 0 Å². The summed E-state index contributed by atoms with van der Waals surface area (Å²) in [6.07, 6.45) is 2.05. The lowest BCUT2D eigenvalue weighted by molar-refractivity contribution is -0.0926. The van der Waals surface area contributed by atoms with Crippen LogP contribution in [0.5, 0.6) is 0 Å². The molecule has 0 bridgehead atoms. The van der Waals surface area contributed by atoms with E-state index >= 15 is 0 Å². The van der Waals surface area contributed by atoms with Crippen molar-refractivity contribution in [3.8, 4) is 0 Å². The molecule has 0 radical (unpaired) electrons. The lowest BCUT2D eigenvalue weighted by Gasteiger charge is -2.55. The maximum atomic E-state index is 9.00. The summed E-state index contributed by atoms with van der Waals surface area (Å²) in [7, 11) is 0. The summed E-state index contributed by atoms with van der Waals surface area (Å²) >= 11 is 3.38. The first-order chi connectivity index (χ1) is 4.20. The first-order valence-corrected chi connectivity index (χ1v) is 4.00. The Morgan fingerprint density at radius 2 is 2.00 bits per heavy atom. The molecule has 0 unspecified atom stereocenters. The van der Waals surface area contributed by atoms with E-state index in [9.17, 15) is 0 Å². The Labute approximate surface area is 63.2 Å². The summed E-state index contributed by atoms with van der Waals surface area (Å²) in [6, 6.07) is 0. The maximum Gasteiger partial charge on any atom is 0.0552 e. The molecule has 0 atom stereocenters. The van der Waals surface area contributed by atoms with E-state index in [1.54, 1.807) is 0 Å². The van der Waals surface area contributed by atoms with E-state index in [2.05, 4.69) is 20.1 Å². The van der Waals surface area contributed by atoms with Crippen LogP contribution < -0.4 is 0 Å². The van der Waals surface area contributed by atoms with Gasteiger partial charge >= 0.3 is 0 Å². The van der Waals surface area contributed by atoms with Gasteiger partial charge in [0, 0.05) is 34.7 Å². The molecule has 1 saturated carbocycles. The number of hydrogen-bond donors (Lipinski definition) is 1. The van der Waals surface area contributed by atoms with E-state index in [0.717, 1.165) is 25.9 Å². The molecule has 2 rings (SSSR count). The highest BCUT2D eigenvalue weighted by Crippen LogP contribution is 2.49. The third kappa shape index (κ3) is 0.827. The van der Waals surface area contributed by atoms with Gasteiger partial charge in [0.25, 0.3) is 0 Å². The van der Waals surface area contributed by atoms with E-state index in [4.69, 9.17) is 5.11 Å². The normalized spacial score (nSPS) is 34.0. The second kappa shape index (κ2) is 1.71. The average molecular weight is 192 g/mol. The summed E-state index contributed by atoms with van der Waals surface area (Å²) in [5, 5.41) is 9.00. The summed E-state index contributed by atoms with van der Waals surface area (Å²) in [4.78, 5) is 0. The fourth-order valence-electron chi connectivity index (χ4n) is 1.88. The van der Waals surface area contributed by atoms with Crippen LogP contribution in [-0.2, 0) is 0 Å². The standard InChI is InChI=1S/C6H10BrNO/c7-8-3-6(4-8)1-5(9)2-6/h5,9H,1-4H2. The Morgan fingerprint density at radius 1 is 1.44 bits per heavy atom. The highest BCUT2D eigenvalue weighted by Gasteiger charge is 2.51. The van der Waals surface area contributed by atoms with E-state index in [1.165, 1.54) is 0 Å². The predicted molar refractivity (Wildman–Crippen MR) is 38.2 cm³/mol. The number of aliphatic hydroxyl groups excluding tert-OH is 1. The largest absolute Gasteiger partial charge is 0.393 e. The number of aliphatic hydroxyl groups is 1. The van der Waals surface area contributed by atoms with Gasteiger partial charge in [-0.05, 0) is 12.8 Å². The van der Waals surface area contributed by atoms with Crippen LogP contribution in [0.1, 0.15) is 12.8 Å². The van der Waals surface area contributed by atoms with Crippen LogP contribution in [-0.4, -0.2) is 28.2 Å². The van der Waals surface area contributed by atoms with Gasteiger partial charge in [-0.25, -0.2) is 3.93 Å². The molecule has 3 heteroatoms. The molecule has 1 aliphatic carbocycles. The van der Waals surface area contributed by atoms with Crippen molar-refractivity contribution in [3.63, 3.8) is 0 Å². The van der Waals surface area contributed by atoms with Crippen LogP contribution in [0, 0.1) is 5.41 Å². The monoisotopic (exact) mass is 191 g/mol. The van der Waals surface area contributed by atoms with Crippen LogP contribution in [0.4, 0.5) is 0 Å². The molecule has 1 N–H and O–H groups in total. The van der Waals surface area contributed by atoms with Gasteiger partial charge in [-0.2, -0.15) is 0 Å². The van der Waals surface area contributed by atoms with Gasteiger partial charge < -0.3 is 5.11 Å². The fourth-order valence-corrected chi connectivity index (χ4v) is 2.94. The molecule has 0 aromatic carbocycles. The van der Waals surface area contributed by atoms with Gasteiger partial charge in [-0.15, -0.1) is 0 Å². The zero-order valence-corrected chi connectivity index (χ0v) is 6.76. The van der Waals surface area contributed by atoms with Crippen LogP contribution in [0.25, 0.3) is 0 Å². The topological polar surface area (TPSA) is 23.5 Å². The minimum absolute atomic E-state index is 0.00574. The Morgan fingerprint density at radius 3 is 2.33 bits per heavy atom. The van der Waals surface area contributed by atoms with Crippen molar-refractivity contribution in [2.45, 2.75) is 18.9 Å². The van der Waals surface area contributed by atoms with Crippen LogP contribution >= 0.6 is 16.1 Å². The highest BCUT2D eigenvalue weighted by molar-refractivity contribution is 9.07. The molecule has 2 aliphatic rings. The Hall–Kier alpha value is 0.400. The van der Waals surface area contributed by atoms with Crippen LogP contribution in [0.15, 0.2) is 0 Å². The minimum atomic E-state index is 0.00574. The zero-order chi connectivity index (χ0) is 6.48. The maximum absolute atomic E-state index is 9.00. The zero-order valence-electron chi connectivity index (χ0n) is 5.18. The van der Waals surface area contributed by atoms with E-state index in [1.807, 2.05) is 0 Å². The first-order valence-electron chi connectivity index (χ1n) is 3.29. The lowest BCUT2D eigenvalue weighted by Crippen LogP contribution is -2.60. The number of halogens is 1. The molecule has 2 nitrogen and oxygen atoms in total. The molecule has 0 aromatic heterocycles. The third-order valence-electron chi connectivity index (χ3n) is 2.35. The van der Waals surface area contributed by atoms with Crippen molar-refractivity contribution in [3.05, 3.63) is 0 Å². The SMILES string of the molecule is OC1CC2(C1)CN(Br)C2. The van der Waals surface area contributed by atoms with E-state index in [-0.39, 0.29) is 6.10 Å². The second-order valence-corrected chi connectivity index (χ2v) is 4.34. The Bertz CT molecular complexity index is 108. The molecule has 9 heavy (non-hydrogen) atoms. The summed E-state index contributed by atoms with van der Waals surface area (Å²) < 4.78 is 2.12. The first kappa shape index (κ1) is 6.13.